The van der Waals surface area contributed by atoms with Crippen molar-refractivity contribution in [1.29, 1.82) is 5.26 Å². The predicted molar refractivity (Wildman–Crippen MR) is 81.4 cm³/mol. The highest BCUT2D eigenvalue weighted by atomic mass is 35.5. The predicted octanol–water partition coefficient (Wildman–Crippen LogP) is 5.52. The van der Waals surface area contributed by atoms with Gasteiger partial charge in [0.2, 0.25) is 0 Å². The van der Waals surface area contributed by atoms with Gasteiger partial charge in [-0.1, -0.05) is 37.6 Å². The van der Waals surface area contributed by atoms with E-state index in [1.165, 1.54) is 5.56 Å². The average molecular weight is 286 g/mol. The van der Waals surface area contributed by atoms with Crippen molar-refractivity contribution in [3.8, 4) is 17.6 Å². The van der Waals surface area contributed by atoms with Crippen molar-refractivity contribution in [3.63, 3.8) is 0 Å². The van der Waals surface area contributed by atoms with Gasteiger partial charge >= 0.3 is 0 Å². The molecule has 2 rings (SSSR count). The number of benzene rings is 2. The lowest BCUT2D eigenvalue weighted by molar-refractivity contribution is 0.482. The number of hydrogen-bond acceptors (Lipinski definition) is 2. The molecule has 3 heteroatoms. The van der Waals surface area contributed by atoms with E-state index in [4.69, 9.17) is 21.6 Å². The molecule has 0 aromatic heterocycles. The maximum absolute atomic E-state index is 8.83. The second kappa shape index (κ2) is 6.45. The van der Waals surface area contributed by atoms with E-state index < -0.39 is 0 Å². The van der Waals surface area contributed by atoms with Crippen LogP contribution in [-0.2, 0) is 0 Å². The van der Waals surface area contributed by atoms with E-state index in [0.717, 1.165) is 12.2 Å². The van der Waals surface area contributed by atoms with Gasteiger partial charge in [-0.25, -0.2) is 0 Å². The first kappa shape index (κ1) is 14.4. The maximum Gasteiger partial charge on any atom is 0.129 e. The van der Waals surface area contributed by atoms with Gasteiger partial charge < -0.3 is 4.74 Å². The molecule has 2 aromatic carbocycles. The molecule has 0 saturated carbocycles. The van der Waals surface area contributed by atoms with Crippen LogP contribution in [0, 0.1) is 11.3 Å². The quantitative estimate of drug-likeness (QED) is 0.741. The number of ether oxygens (including phenoxy) is 1. The summed E-state index contributed by atoms with van der Waals surface area (Å²) in [6, 6.07) is 15.1. The Kier molecular flexibility index (Phi) is 4.65. The monoisotopic (exact) mass is 285 g/mol. The fraction of sp³-hybridized carbons (Fsp3) is 0.235. The third-order valence-corrected chi connectivity index (χ3v) is 3.67. The lowest BCUT2D eigenvalue weighted by Gasteiger charge is -2.11. The van der Waals surface area contributed by atoms with E-state index in [1.54, 1.807) is 18.2 Å². The first-order valence-corrected chi connectivity index (χ1v) is 6.99. The zero-order valence-electron chi connectivity index (χ0n) is 11.6. The van der Waals surface area contributed by atoms with Crippen LogP contribution in [0.5, 0.6) is 11.5 Å². The van der Waals surface area contributed by atoms with Crippen molar-refractivity contribution in [2.75, 3.05) is 0 Å². The van der Waals surface area contributed by atoms with Crippen molar-refractivity contribution >= 4 is 11.6 Å². The molecule has 0 spiro atoms. The molecular formula is C17H16ClNO. The number of rotatable bonds is 4. The van der Waals surface area contributed by atoms with Crippen LogP contribution in [0.2, 0.25) is 5.02 Å². The van der Waals surface area contributed by atoms with E-state index in [2.05, 4.69) is 26.0 Å². The van der Waals surface area contributed by atoms with Crippen LogP contribution in [0.4, 0.5) is 0 Å². The van der Waals surface area contributed by atoms with Gasteiger partial charge in [0.05, 0.1) is 10.6 Å². The van der Waals surface area contributed by atoms with Crippen LogP contribution in [-0.4, -0.2) is 0 Å². The Bertz CT molecular complexity index is 628. The Balaban J connectivity index is 2.14. The van der Waals surface area contributed by atoms with Gasteiger partial charge in [-0.15, -0.1) is 0 Å². The molecule has 2 nitrogen and oxygen atoms in total. The lowest BCUT2D eigenvalue weighted by atomic mass is 9.99. The summed E-state index contributed by atoms with van der Waals surface area (Å²) in [4.78, 5) is 0. The smallest absolute Gasteiger partial charge is 0.129 e. The molecule has 2 aromatic rings. The van der Waals surface area contributed by atoms with Crippen molar-refractivity contribution in [2.45, 2.75) is 26.2 Å². The minimum Gasteiger partial charge on any atom is -0.457 e. The molecule has 20 heavy (non-hydrogen) atoms. The zero-order valence-corrected chi connectivity index (χ0v) is 12.3. The summed E-state index contributed by atoms with van der Waals surface area (Å²) < 4.78 is 5.73. The summed E-state index contributed by atoms with van der Waals surface area (Å²) in [6.45, 7) is 4.38. The summed E-state index contributed by atoms with van der Waals surface area (Å²) in [6.07, 6.45) is 1.12. The standard InChI is InChI=1S/C17H16ClNO/c1-3-12(2)13-4-7-15(8-5-13)20-16-9-6-14(11-19)17(18)10-16/h4-10,12H,3H2,1-2H3. The second-order valence-electron chi connectivity index (χ2n) is 4.73. The van der Waals surface area contributed by atoms with E-state index in [0.29, 0.717) is 22.3 Å². The van der Waals surface area contributed by atoms with Crippen LogP contribution in [0.3, 0.4) is 0 Å². The van der Waals surface area contributed by atoms with Gasteiger partial charge in [0.25, 0.3) is 0 Å². The zero-order chi connectivity index (χ0) is 14.5. The molecule has 0 amide bonds. The van der Waals surface area contributed by atoms with Gasteiger partial charge in [-0.2, -0.15) is 5.26 Å². The number of hydrogen-bond donors (Lipinski definition) is 0. The Labute approximate surface area is 124 Å². The van der Waals surface area contributed by atoms with E-state index in [-0.39, 0.29) is 0 Å². The Hall–Kier alpha value is -1.98. The van der Waals surface area contributed by atoms with Crippen LogP contribution < -0.4 is 4.74 Å². The first-order chi connectivity index (χ1) is 9.63. The number of nitrogens with zero attached hydrogens (tertiary/aromatic N) is 1. The normalized spacial score (nSPS) is 11.7. The van der Waals surface area contributed by atoms with Crippen LogP contribution in [0.15, 0.2) is 42.5 Å². The Morgan fingerprint density at radius 3 is 2.35 bits per heavy atom. The SMILES string of the molecule is CCC(C)c1ccc(Oc2ccc(C#N)c(Cl)c2)cc1. The van der Waals surface area contributed by atoms with E-state index in [1.807, 2.05) is 18.2 Å². The van der Waals surface area contributed by atoms with Crippen molar-refractivity contribution in [2.24, 2.45) is 0 Å². The van der Waals surface area contributed by atoms with Gasteiger partial charge in [0.15, 0.2) is 0 Å². The van der Waals surface area contributed by atoms with Crippen LogP contribution in [0.1, 0.15) is 37.3 Å². The van der Waals surface area contributed by atoms with Gasteiger partial charge in [-0.3, -0.25) is 0 Å². The maximum atomic E-state index is 8.83. The highest BCUT2D eigenvalue weighted by Crippen LogP contribution is 2.28. The molecule has 1 unspecified atom stereocenters. The Morgan fingerprint density at radius 2 is 1.80 bits per heavy atom. The molecule has 1 atom stereocenters. The number of nitriles is 1. The molecule has 102 valence electrons. The molecule has 0 N–H and O–H groups in total. The lowest BCUT2D eigenvalue weighted by Crippen LogP contribution is -1.91. The summed E-state index contributed by atoms with van der Waals surface area (Å²) in [7, 11) is 0. The second-order valence-corrected chi connectivity index (χ2v) is 5.14. The fourth-order valence-electron chi connectivity index (χ4n) is 1.89. The van der Waals surface area contributed by atoms with Crippen molar-refractivity contribution < 1.29 is 4.74 Å². The van der Waals surface area contributed by atoms with E-state index in [9.17, 15) is 0 Å². The summed E-state index contributed by atoms with van der Waals surface area (Å²) in [5.74, 6) is 1.94. The molecule has 0 aliphatic rings. The minimum atomic E-state index is 0.404. The molecule has 0 bridgehead atoms. The molecule has 0 saturated heterocycles. The third kappa shape index (κ3) is 3.31. The third-order valence-electron chi connectivity index (χ3n) is 3.36. The van der Waals surface area contributed by atoms with Gasteiger partial charge in [0, 0.05) is 6.07 Å². The molecule has 0 heterocycles. The molecule has 0 aliphatic heterocycles. The molecular weight excluding hydrogens is 270 g/mol. The average Bonchev–Trinajstić information content (AvgIpc) is 2.47. The highest BCUT2D eigenvalue weighted by Gasteiger charge is 2.05. The topological polar surface area (TPSA) is 33.0 Å². The van der Waals surface area contributed by atoms with Crippen molar-refractivity contribution in [1.82, 2.24) is 0 Å². The molecule has 0 fully saturated rings. The molecule has 0 radical (unpaired) electrons. The summed E-state index contributed by atoms with van der Waals surface area (Å²) in [5.41, 5.74) is 1.75. The van der Waals surface area contributed by atoms with Crippen molar-refractivity contribution in [3.05, 3.63) is 58.6 Å². The van der Waals surface area contributed by atoms with Gasteiger partial charge in [-0.05, 0) is 42.2 Å². The van der Waals surface area contributed by atoms with E-state index >= 15 is 0 Å². The molecule has 0 aliphatic carbocycles. The Morgan fingerprint density at radius 1 is 1.15 bits per heavy atom. The number of halogens is 1. The van der Waals surface area contributed by atoms with Crippen LogP contribution in [0.25, 0.3) is 0 Å². The summed E-state index contributed by atoms with van der Waals surface area (Å²) in [5, 5.41) is 9.23. The largest absolute Gasteiger partial charge is 0.457 e. The van der Waals surface area contributed by atoms with Crippen LogP contribution >= 0.6 is 11.6 Å². The van der Waals surface area contributed by atoms with Gasteiger partial charge in [0.1, 0.15) is 17.6 Å². The first-order valence-electron chi connectivity index (χ1n) is 6.61. The minimum absolute atomic E-state index is 0.404. The fourth-order valence-corrected chi connectivity index (χ4v) is 2.10. The summed E-state index contributed by atoms with van der Waals surface area (Å²) >= 11 is 5.98. The highest BCUT2D eigenvalue weighted by molar-refractivity contribution is 6.31.